The summed E-state index contributed by atoms with van der Waals surface area (Å²) < 4.78 is 3.91. The topological polar surface area (TPSA) is 152 Å². The Morgan fingerprint density at radius 3 is 2.88 bits per heavy atom. The van der Waals surface area contributed by atoms with E-state index in [-0.39, 0.29) is 29.2 Å². The van der Waals surface area contributed by atoms with E-state index in [1.807, 2.05) is 38.2 Å². The molecular weight excluding hydrogens is 448 g/mol. The maximum absolute atomic E-state index is 12.7. The molecule has 0 radical (unpaired) electrons. The van der Waals surface area contributed by atoms with E-state index >= 15 is 0 Å². The van der Waals surface area contributed by atoms with Crippen molar-refractivity contribution < 1.29 is 9.90 Å². The Labute approximate surface area is 191 Å². The van der Waals surface area contributed by atoms with Crippen molar-refractivity contribution >= 4 is 50.4 Å². The molecule has 12 heteroatoms. The number of aromatic hydroxyl groups is 1. The summed E-state index contributed by atoms with van der Waals surface area (Å²) in [5, 5.41) is 27.9. The van der Waals surface area contributed by atoms with Crippen molar-refractivity contribution in [3.05, 3.63) is 53.4 Å². The number of H-pyrrole nitrogens is 1. The third-order valence-electron chi connectivity index (χ3n) is 4.21. The Morgan fingerprint density at radius 2 is 2.12 bits per heavy atom. The van der Waals surface area contributed by atoms with E-state index in [1.165, 1.54) is 6.20 Å². The average Bonchev–Trinajstić information content (AvgIpc) is 3.49. The van der Waals surface area contributed by atoms with Crippen LogP contribution in [-0.2, 0) is 0 Å². The minimum Gasteiger partial charge on any atom is -0.492 e. The van der Waals surface area contributed by atoms with E-state index in [9.17, 15) is 9.90 Å². The lowest BCUT2D eigenvalue weighted by atomic mass is 10.2. The summed E-state index contributed by atoms with van der Waals surface area (Å²) in [6, 6.07) is 5.67. The predicted molar refractivity (Wildman–Crippen MR) is 126 cm³/mol. The number of nitrogens with zero attached hydrogens (tertiary/aromatic N) is 3. The van der Waals surface area contributed by atoms with Crippen LogP contribution in [-0.4, -0.2) is 42.2 Å². The predicted octanol–water partition coefficient (Wildman–Crippen LogP) is 4.01. The highest BCUT2D eigenvalue weighted by Crippen LogP contribution is 2.33. The number of aromatic amines is 1. The van der Waals surface area contributed by atoms with Gasteiger partial charge in [0.25, 0.3) is 5.91 Å². The molecule has 1 amide bonds. The number of hydrogen-bond donors (Lipinski definition) is 6. The number of hydrogen-bond acceptors (Lipinski definition) is 9. The highest BCUT2D eigenvalue weighted by atomic mass is 32.1. The molecule has 4 rings (SSSR count). The lowest BCUT2D eigenvalue weighted by Crippen LogP contribution is -2.30. The first-order chi connectivity index (χ1) is 15.4. The number of nitrogens with one attached hydrogen (secondary N) is 5. The Hall–Kier alpha value is -3.77. The number of pyridine rings is 1. The van der Waals surface area contributed by atoms with Gasteiger partial charge in [0.05, 0.1) is 18.1 Å². The van der Waals surface area contributed by atoms with Gasteiger partial charge in [-0.2, -0.15) is 4.37 Å². The van der Waals surface area contributed by atoms with Crippen LogP contribution in [0.2, 0.25) is 0 Å². The molecule has 0 aliphatic carbocycles. The van der Waals surface area contributed by atoms with Crippen LogP contribution in [0.25, 0.3) is 11.3 Å². The lowest BCUT2D eigenvalue weighted by molar-refractivity contribution is 0.103. The number of aromatic nitrogens is 4. The highest BCUT2D eigenvalue weighted by molar-refractivity contribution is 7.18. The Kier molecular flexibility index (Phi) is 6.14. The largest absolute Gasteiger partial charge is 0.492 e. The van der Waals surface area contributed by atoms with Crippen molar-refractivity contribution in [2.24, 2.45) is 0 Å². The maximum atomic E-state index is 12.7. The quantitative estimate of drug-likeness (QED) is 0.177. The van der Waals surface area contributed by atoms with Crippen molar-refractivity contribution in [3.8, 4) is 17.1 Å². The number of thiazole rings is 1. The third kappa shape index (κ3) is 4.76. The van der Waals surface area contributed by atoms with Crippen LogP contribution in [0.4, 0.5) is 15.8 Å². The van der Waals surface area contributed by atoms with Gasteiger partial charge in [0.2, 0.25) is 5.88 Å². The van der Waals surface area contributed by atoms with Gasteiger partial charge in [0.1, 0.15) is 21.3 Å². The molecule has 0 aliphatic rings. The Morgan fingerprint density at radius 1 is 1.28 bits per heavy atom. The van der Waals surface area contributed by atoms with E-state index in [0.29, 0.717) is 20.7 Å². The molecule has 0 spiro atoms. The van der Waals surface area contributed by atoms with Gasteiger partial charge in [-0.25, -0.2) is 4.98 Å². The van der Waals surface area contributed by atoms with Gasteiger partial charge >= 0.3 is 0 Å². The van der Waals surface area contributed by atoms with Crippen LogP contribution in [0.1, 0.15) is 29.1 Å². The summed E-state index contributed by atoms with van der Waals surface area (Å²) in [6.45, 7) is 3.79. The molecular formula is C20H20N8O2S2. The molecule has 0 unspecified atom stereocenters. The van der Waals surface area contributed by atoms with Crippen LogP contribution in [0, 0.1) is 5.41 Å². The van der Waals surface area contributed by atoms with Gasteiger partial charge in [0, 0.05) is 29.7 Å². The second-order valence-electron chi connectivity index (χ2n) is 7.04. The van der Waals surface area contributed by atoms with Crippen LogP contribution in [0.15, 0.2) is 43.0 Å². The molecule has 0 aliphatic heterocycles. The average molecular weight is 469 g/mol. The summed E-state index contributed by atoms with van der Waals surface area (Å²) in [5.41, 5.74) is 2.58. The Balaban J connectivity index is 1.46. The Bertz CT molecular complexity index is 1250. The van der Waals surface area contributed by atoms with E-state index in [0.717, 1.165) is 34.1 Å². The fourth-order valence-electron chi connectivity index (χ4n) is 2.85. The molecule has 0 fully saturated rings. The number of carbonyl (C=O) groups excluding carboxylic acids is 1. The van der Waals surface area contributed by atoms with Crippen molar-refractivity contribution in [2.45, 2.75) is 19.9 Å². The van der Waals surface area contributed by atoms with Gasteiger partial charge in [-0.1, -0.05) is 11.3 Å². The molecule has 0 saturated heterocycles. The molecule has 6 N–H and O–H groups in total. The molecule has 4 aromatic heterocycles. The monoisotopic (exact) mass is 468 g/mol. The van der Waals surface area contributed by atoms with E-state index in [1.54, 1.807) is 12.4 Å². The SMILES string of the molecule is CC(C)NC(=N)c1c(O)nsc1Nc1ncc(C(=O)Nc2cncc(-c3ccc[nH]3)c2)s1. The zero-order chi connectivity index (χ0) is 22.7. The summed E-state index contributed by atoms with van der Waals surface area (Å²) in [6.07, 6.45) is 6.57. The first-order valence-corrected chi connectivity index (χ1v) is 11.2. The maximum Gasteiger partial charge on any atom is 0.267 e. The number of amidine groups is 1. The molecule has 0 bridgehead atoms. The van der Waals surface area contributed by atoms with E-state index in [2.05, 4.69) is 35.3 Å². The van der Waals surface area contributed by atoms with E-state index in [4.69, 9.17) is 5.41 Å². The fourth-order valence-corrected chi connectivity index (χ4v) is 4.32. The second kappa shape index (κ2) is 9.16. The smallest absolute Gasteiger partial charge is 0.267 e. The van der Waals surface area contributed by atoms with Gasteiger partial charge in [-0.3, -0.25) is 15.2 Å². The minimum absolute atomic E-state index is 0.0230. The first kappa shape index (κ1) is 21.5. The minimum atomic E-state index is -0.317. The van der Waals surface area contributed by atoms with Crippen LogP contribution in [0.5, 0.6) is 5.88 Å². The van der Waals surface area contributed by atoms with Crippen LogP contribution in [0.3, 0.4) is 0 Å². The summed E-state index contributed by atoms with van der Waals surface area (Å²) >= 11 is 2.16. The molecule has 4 heterocycles. The van der Waals surface area contributed by atoms with Crippen molar-refractivity contribution in [3.63, 3.8) is 0 Å². The fraction of sp³-hybridized carbons (Fsp3) is 0.150. The number of carbonyl (C=O) groups is 1. The van der Waals surface area contributed by atoms with E-state index < -0.39 is 0 Å². The molecule has 10 nitrogen and oxygen atoms in total. The third-order valence-corrected chi connectivity index (χ3v) is 5.88. The molecule has 4 aromatic rings. The zero-order valence-corrected chi connectivity index (χ0v) is 18.8. The second-order valence-corrected chi connectivity index (χ2v) is 8.84. The van der Waals surface area contributed by atoms with Crippen molar-refractivity contribution in [1.82, 2.24) is 24.6 Å². The van der Waals surface area contributed by atoms with Gasteiger partial charge in [-0.15, -0.1) is 0 Å². The highest BCUT2D eigenvalue weighted by Gasteiger charge is 2.20. The van der Waals surface area contributed by atoms with Gasteiger partial charge < -0.3 is 26.0 Å². The van der Waals surface area contributed by atoms with Gasteiger partial charge in [0.15, 0.2) is 5.13 Å². The van der Waals surface area contributed by atoms with Crippen LogP contribution < -0.4 is 16.0 Å². The van der Waals surface area contributed by atoms with Crippen molar-refractivity contribution in [2.75, 3.05) is 10.6 Å². The molecule has 32 heavy (non-hydrogen) atoms. The van der Waals surface area contributed by atoms with Crippen LogP contribution >= 0.6 is 22.9 Å². The van der Waals surface area contributed by atoms with Crippen molar-refractivity contribution in [1.29, 1.82) is 5.41 Å². The lowest BCUT2D eigenvalue weighted by Gasteiger charge is -2.11. The summed E-state index contributed by atoms with van der Waals surface area (Å²) in [4.78, 5) is 24.6. The zero-order valence-electron chi connectivity index (χ0n) is 17.1. The molecule has 164 valence electrons. The summed E-state index contributed by atoms with van der Waals surface area (Å²) in [7, 11) is 0. The standard InChI is InChI=1S/C20H20N8O2S2/c1-10(2)25-16(21)15-18(30)28-32-19(15)27-20-24-9-14(31-20)17(29)26-12-6-11(7-22-8-12)13-4-3-5-23-13/h3-10,23H,1-2H3,(H2,21,25)(H,24,27)(H,26,29)(H,28,30). The number of anilines is 3. The number of amides is 1. The molecule has 0 saturated carbocycles. The first-order valence-electron chi connectivity index (χ1n) is 9.58. The normalized spacial score (nSPS) is 10.8. The molecule has 0 atom stereocenters. The summed E-state index contributed by atoms with van der Waals surface area (Å²) in [5.74, 6) is -0.500. The number of rotatable bonds is 7. The van der Waals surface area contributed by atoms with Gasteiger partial charge in [-0.05, 0) is 43.6 Å². The molecule has 0 aromatic carbocycles.